The summed E-state index contributed by atoms with van der Waals surface area (Å²) in [5.41, 5.74) is 0. The molecule has 0 bridgehead atoms. The van der Waals surface area contributed by atoms with Crippen molar-refractivity contribution in [2.24, 2.45) is 5.92 Å². The fourth-order valence-corrected chi connectivity index (χ4v) is 3.28. The summed E-state index contributed by atoms with van der Waals surface area (Å²) in [6.07, 6.45) is 6.02. The molecule has 3 rings (SSSR count). The lowest BCUT2D eigenvalue weighted by atomic mass is 9.96. The van der Waals surface area contributed by atoms with E-state index in [9.17, 15) is 0 Å². The van der Waals surface area contributed by atoms with Gasteiger partial charge in [-0.05, 0) is 56.9 Å². The average molecular weight is 311 g/mol. The first-order valence-electron chi connectivity index (χ1n) is 8.01. The van der Waals surface area contributed by atoms with Crippen LogP contribution >= 0.6 is 12.4 Å². The Morgan fingerprint density at radius 2 is 2.05 bits per heavy atom. The summed E-state index contributed by atoms with van der Waals surface area (Å²) in [7, 11) is 0. The van der Waals surface area contributed by atoms with Gasteiger partial charge in [0.15, 0.2) is 0 Å². The van der Waals surface area contributed by atoms with Crippen molar-refractivity contribution in [2.75, 3.05) is 50.7 Å². The summed E-state index contributed by atoms with van der Waals surface area (Å²) >= 11 is 0. The molecule has 118 valence electrons. The van der Waals surface area contributed by atoms with Crippen LogP contribution < -0.4 is 10.2 Å². The number of rotatable bonds is 4. The van der Waals surface area contributed by atoms with Crippen LogP contribution in [-0.2, 0) is 0 Å². The van der Waals surface area contributed by atoms with Crippen LogP contribution in [0.2, 0.25) is 0 Å². The molecule has 2 saturated heterocycles. The number of piperazine rings is 1. The minimum absolute atomic E-state index is 0. The van der Waals surface area contributed by atoms with E-state index in [1.165, 1.54) is 52.0 Å². The third kappa shape index (κ3) is 4.83. The van der Waals surface area contributed by atoms with E-state index in [0.29, 0.717) is 0 Å². The highest BCUT2D eigenvalue weighted by Crippen LogP contribution is 2.16. The van der Waals surface area contributed by atoms with E-state index in [4.69, 9.17) is 0 Å². The van der Waals surface area contributed by atoms with E-state index in [0.717, 1.165) is 24.8 Å². The number of anilines is 1. The van der Waals surface area contributed by atoms with E-state index in [1.54, 1.807) is 0 Å². The average Bonchev–Trinajstić information content (AvgIpc) is 2.55. The van der Waals surface area contributed by atoms with Gasteiger partial charge in [-0.25, -0.2) is 4.98 Å². The van der Waals surface area contributed by atoms with Gasteiger partial charge in [-0.15, -0.1) is 12.4 Å². The lowest BCUT2D eigenvalue weighted by Crippen LogP contribution is -2.47. The van der Waals surface area contributed by atoms with Crippen molar-refractivity contribution >= 4 is 18.2 Å². The van der Waals surface area contributed by atoms with E-state index in [2.05, 4.69) is 32.2 Å². The van der Waals surface area contributed by atoms with Gasteiger partial charge in [-0.3, -0.25) is 4.90 Å². The van der Waals surface area contributed by atoms with Gasteiger partial charge in [0, 0.05) is 32.4 Å². The van der Waals surface area contributed by atoms with Gasteiger partial charge in [0.1, 0.15) is 5.82 Å². The maximum Gasteiger partial charge on any atom is 0.128 e. The quantitative estimate of drug-likeness (QED) is 0.922. The number of nitrogens with zero attached hydrogens (tertiary/aromatic N) is 3. The van der Waals surface area contributed by atoms with Gasteiger partial charge in [0.2, 0.25) is 0 Å². The molecule has 0 aliphatic carbocycles. The van der Waals surface area contributed by atoms with Crippen molar-refractivity contribution in [3.8, 4) is 0 Å². The standard InChI is InChI=1S/C16H26N4.ClH/c1-2-8-18-16(5-1)20-12-10-19(11-13-20)9-6-15-4-3-7-17-14-15;/h1-2,5,8,15,17H,3-4,6-7,9-14H2;1H. The second-order valence-electron chi connectivity index (χ2n) is 6.02. The lowest BCUT2D eigenvalue weighted by molar-refractivity contribution is 0.225. The van der Waals surface area contributed by atoms with Crippen molar-refractivity contribution in [1.29, 1.82) is 0 Å². The van der Waals surface area contributed by atoms with Crippen LogP contribution in [0.25, 0.3) is 0 Å². The fourth-order valence-electron chi connectivity index (χ4n) is 3.28. The first-order valence-corrected chi connectivity index (χ1v) is 8.01. The van der Waals surface area contributed by atoms with E-state index < -0.39 is 0 Å². The number of halogens is 1. The minimum atomic E-state index is 0. The molecule has 0 saturated carbocycles. The normalized spacial score (nSPS) is 23.6. The maximum atomic E-state index is 4.45. The summed E-state index contributed by atoms with van der Waals surface area (Å²) < 4.78 is 0. The largest absolute Gasteiger partial charge is 0.354 e. The van der Waals surface area contributed by atoms with E-state index in [-0.39, 0.29) is 12.4 Å². The molecule has 2 aliphatic heterocycles. The monoisotopic (exact) mass is 310 g/mol. The van der Waals surface area contributed by atoms with E-state index in [1.807, 2.05) is 12.3 Å². The zero-order valence-corrected chi connectivity index (χ0v) is 13.5. The third-order valence-corrected chi connectivity index (χ3v) is 4.60. The Hall–Kier alpha value is -0.840. The van der Waals surface area contributed by atoms with Crippen molar-refractivity contribution in [1.82, 2.24) is 15.2 Å². The Morgan fingerprint density at radius 1 is 1.19 bits per heavy atom. The molecule has 0 aromatic carbocycles. The summed E-state index contributed by atoms with van der Waals surface area (Å²) in [5, 5.41) is 3.52. The van der Waals surface area contributed by atoms with Crippen LogP contribution in [0.15, 0.2) is 24.4 Å². The highest BCUT2D eigenvalue weighted by Gasteiger charge is 2.19. The predicted octanol–water partition coefficient (Wildman–Crippen LogP) is 2.02. The fraction of sp³-hybridized carbons (Fsp3) is 0.688. The Balaban J connectivity index is 0.00000161. The topological polar surface area (TPSA) is 31.4 Å². The molecule has 1 unspecified atom stereocenters. The Bertz CT molecular complexity index is 387. The molecule has 1 aromatic rings. The molecule has 4 nitrogen and oxygen atoms in total. The van der Waals surface area contributed by atoms with Crippen LogP contribution in [0.3, 0.4) is 0 Å². The van der Waals surface area contributed by atoms with Crippen LogP contribution in [0.5, 0.6) is 0 Å². The van der Waals surface area contributed by atoms with Crippen LogP contribution in [-0.4, -0.2) is 55.7 Å². The molecule has 1 aromatic heterocycles. The molecule has 21 heavy (non-hydrogen) atoms. The smallest absolute Gasteiger partial charge is 0.128 e. The van der Waals surface area contributed by atoms with E-state index >= 15 is 0 Å². The molecule has 2 aliphatic rings. The molecule has 3 heterocycles. The first kappa shape index (κ1) is 16.5. The first-order chi connectivity index (χ1) is 9.92. The zero-order chi connectivity index (χ0) is 13.6. The number of pyridine rings is 1. The molecule has 1 N–H and O–H groups in total. The number of aromatic nitrogens is 1. The van der Waals surface area contributed by atoms with Crippen LogP contribution in [0, 0.1) is 5.92 Å². The van der Waals surface area contributed by atoms with Gasteiger partial charge >= 0.3 is 0 Å². The van der Waals surface area contributed by atoms with Gasteiger partial charge in [-0.1, -0.05) is 6.07 Å². The summed E-state index contributed by atoms with van der Waals surface area (Å²) in [5.74, 6) is 2.03. The molecule has 2 fully saturated rings. The molecular formula is C16H27ClN4. The van der Waals surface area contributed by atoms with Crippen molar-refractivity contribution in [3.63, 3.8) is 0 Å². The van der Waals surface area contributed by atoms with Crippen LogP contribution in [0.1, 0.15) is 19.3 Å². The third-order valence-electron chi connectivity index (χ3n) is 4.60. The Labute approximate surface area is 134 Å². The molecule has 5 heteroatoms. The van der Waals surface area contributed by atoms with Gasteiger partial charge in [0.05, 0.1) is 0 Å². The number of nitrogens with one attached hydrogen (secondary N) is 1. The molecule has 0 spiro atoms. The molecule has 0 radical (unpaired) electrons. The van der Waals surface area contributed by atoms with Crippen molar-refractivity contribution in [3.05, 3.63) is 24.4 Å². The van der Waals surface area contributed by atoms with Gasteiger partial charge in [0.25, 0.3) is 0 Å². The predicted molar refractivity (Wildman–Crippen MR) is 90.3 cm³/mol. The Morgan fingerprint density at radius 3 is 2.71 bits per heavy atom. The summed E-state index contributed by atoms with van der Waals surface area (Å²) in [6.45, 7) is 8.29. The molecular weight excluding hydrogens is 284 g/mol. The number of hydrogen-bond acceptors (Lipinski definition) is 4. The number of piperidine rings is 1. The highest BCUT2D eigenvalue weighted by molar-refractivity contribution is 5.85. The van der Waals surface area contributed by atoms with Gasteiger partial charge in [-0.2, -0.15) is 0 Å². The minimum Gasteiger partial charge on any atom is -0.354 e. The SMILES string of the molecule is Cl.c1ccc(N2CCN(CCC3CCCNC3)CC2)nc1. The van der Waals surface area contributed by atoms with Crippen molar-refractivity contribution in [2.45, 2.75) is 19.3 Å². The second kappa shape index (κ2) is 8.57. The van der Waals surface area contributed by atoms with Crippen molar-refractivity contribution < 1.29 is 0 Å². The highest BCUT2D eigenvalue weighted by atomic mass is 35.5. The molecule has 0 amide bonds. The molecule has 1 atom stereocenters. The maximum absolute atomic E-state index is 4.45. The summed E-state index contributed by atoms with van der Waals surface area (Å²) in [4.78, 5) is 9.47. The second-order valence-corrected chi connectivity index (χ2v) is 6.02. The number of hydrogen-bond donors (Lipinski definition) is 1. The van der Waals surface area contributed by atoms with Gasteiger partial charge < -0.3 is 10.2 Å². The lowest BCUT2D eigenvalue weighted by Gasteiger charge is -2.36. The van der Waals surface area contributed by atoms with Crippen LogP contribution in [0.4, 0.5) is 5.82 Å². The summed E-state index contributed by atoms with van der Waals surface area (Å²) in [6, 6.07) is 6.17. The zero-order valence-electron chi connectivity index (χ0n) is 12.7. The Kier molecular flexibility index (Phi) is 6.74.